The van der Waals surface area contributed by atoms with Crippen LogP contribution >= 0.6 is 23.8 Å². The van der Waals surface area contributed by atoms with E-state index in [2.05, 4.69) is 5.32 Å². The van der Waals surface area contributed by atoms with Crippen LogP contribution in [0.3, 0.4) is 0 Å². The molecule has 0 amide bonds. The number of nitrogens with one attached hydrogen (secondary N) is 1. The van der Waals surface area contributed by atoms with E-state index in [1.165, 1.54) is 0 Å². The van der Waals surface area contributed by atoms with Crippen molar-refractivity contribution in [3.63, 3.8) is 0 Å². The highest BCUT2D eigenvalue weighted by Gasteiger charge is 2.15. The minimum absolute atomic E-state index is 0.544. The Morgan fingerprint density at radius 2 is 1.96 bits per heavy atom. The summed E-state index contributed by atoms with van der Waals surface area (Å²) in [6.45, 7) is 3.69. The maximum Gasteiger partial charge on any atom is 0.174 e. The van der Waals surface area contributed by atoms with E-state index in [0.717, 1.165) is 22.8 Å². The Morgan fingerprint density at radius 1 is 1.11 bits per heavy atom. The lowest BCUT2D eigenvalue weighted by atomic mass is 10.2. The van der Waals surface area contributed by atoms with Crippen LogP contribution in [0.2, 0.25) is 5.02 Å². The highest BCUT2D eigenvalue weighted by atomic mass is 35.5. The Kier molecular flexibility index (Phi) is 6.74. The van der Waals surface area contributed by atoms with Gasteiger partial charge in [0, 0.05) is 11.6 Å². The number of rotatable bonds is 7. The average Bonchev–Trinajstić information content (AvgIpc) is 3.16. The number of hydrogen-bond donors (Lipinski definition) is 1. The van der Waals surface area contributed by atoms with Crippen molar-refractivity contribution in [2.75, 3.05) is 11.9 Å². The zero-order valence-corrected chi connectivity index (χ0v) is 16.6. The van der Waals surface area contributed by atoms with Gasteiger partial charge in [0.15, 0.2) is 5.11 Å². The molecular weight excluding hydrogens is 380 g/mol. The van der Waals surface area contributed by atoms with Gasteiger partial charge in [-0.1, -0.05) is 35.9 Å². The number of thiocarbonyl (C=S) groups is 1. The van der Waals surface area contributed by atoms with Crippen LogP contribution in [0, 0.1) is 0 Å². The fourth-order valence-electron chi connectivity index (χ4n) is 2.69. The molecule has 1 aromatic heterocycles. The van der Waals surface area contributed by atoms with Crippen LogP contribution in [0.1, 0.15) is 18.2 Å². The number of anilines is 1. The molecule has 0 saturated heterocycles. The molecule has 0 aliphatic rings. The van der Waals surface area contributed by atoms with Crippen molar-refractivity contribution in [1.29, 1.82) is 0 Å². The van der Waals surface area contributed by atoms with E-state index in [9.17, 15) is 0 Å². The minimum Gasteiger partial charge on any atom is -0.492 e. The molecule has 0 radical (unpaired) electrons. The van der Waals surface area contributed by atoms with Gasteiger partial charge < -0.3 is 19.4 Å². The van der Waals surface area contributed by atoms with Gasteiger partial charge >= 0.3 is 0 Å². The second-order valence-corrected chi connectivity index (χ2v) is 6.75. The first-order valence-electron chi connectivity index (χ1n) is 8.70. The molecule has 1 heterocycles. The van der Waals surface area contributed by atoms with E-state index in [1.807, 2.05) is 72.5 Å². The molecule has 3 rings (SSSR count). The monoisotopic (exact) mass is 400 g/mol. The van der Waals surface area contributed by atoms with E-state index in [1.54, 1.807) is 6.26 Å². The molecular formula is C21H21ClN2O2S. The van der Waals surface area contributed by atoms with Crippen LogP contribution < -0.4 is 10.1 Å². The Balaban J connectivity index is 1.80. The third-order valence-electron chi connectivity index (χ3n) is 3.90. The van der Waals surface area contributed by atoms with Gasteiger partial charge in [0.05, 0.1) is 25.1 Å². The maximum absolute atomic E-state index is 6.13. The Labute approximate surface area is 169 Å². The summed E-state index contributed by atoms with van der Waals surface area (Å²) < 4.78 is 11.2. The molecule has 3 aromatic rings. The average molecular weight is 401 g/mol. The number of benzene rings is 2. The zero-order chi connectivity index (χ0) is 19.1. The molecule has 0 aliphatic heterocycles. The summed E-state index contributed by atoms with van der Waals surface area (Å²) in [4.78, 5) is 2.03. The van der Waals surface area contributed by atoms with Gasteiger partial charge in [-0.25, -0.2) is 0 Å². The van der Waals surface area contributed by atoms with Crippen LogP contribution in [-0.2, 0) is 13.1 Å². The first-order chi connectivity index (χ1) is 13.2. The van der Waals surface area contributed by atoms with Gasteiger partial charge in [0.25, 0.3) is 0 Å². The van der Waals surface area contributed by atoms with E-state index in [0.29, 0.717) is 29.8 Å². The van der Waals surface area contributed by atoms with Gasteiger partial charge in [0.1, 0.15) is 11.5 Å². The summed E-state index contributed by atoms with van der Waals surface area (Å²) in [7, 11) is 0. The summed E-state index contributed by atoms with van der Waals surface area (Å²) in [5.41, 5.74) is 1.90. The third kappa shape index (κ3) is 5.49. The predicted molar refractivity (Wildman–Crippen MR) is 113 cm³/mol. The number of para-hydroxylation sites is 2. The van der Waals surface area contributed by atoms with Gasteiger partial charge in [-0.2, -0.15) is 0 Å². The number of furan rings is 1. The van der Waals surface area contributed by atoms with Crippen LogP contribution in [0.25, 0.3) is 0 Å². The number of halogens is 1. The van der Waals surface area contributed by atoms with Crippen molar-refractivity contribution < 1.29 is 9.15 Å². The summed E-state index contributed by atoms with van der Waals surface area (Å²) >= 11 is 11.8. The molecule has 0 bridgehead atoms. The van der Waals surface area contributed by atoms with E-state index in [-0.39, 0.29) is 0 Å². The maximum atomic E-state index is 6.13. The highest BCUT2D eigenvalue weighted by molar-refractivity contribution is 7.80. The van der Waals surface area contributed by atoms with Gasteiger partial charge in [-0.05, 0) is 61.1 Å². The van der Waals surface area contributed by atoms with Gasteiger partial charge in [-0.15, -0.1) is 0 Å². The normalized spacial score (nSPS) is 10.4. The molecule has 140 valence electrons. The summed E-state index contributed by atoms with van der Waals surface area (Å²) in [5.74, 6) is 1.60. The molecule has 0 fully saturated rings. The minimum atomic E-state index is 0.544. The smallest absolute Gasteiger partial charge is 0.174 e. The number of nitrogens with zero attached hydrogens (tertiary/aromatic N) is 1. The van der Waals surface area contributed by atoms with Gasteiger partial charge in [0.2, 0.25) is 0 Å². The quantitative estimate of drug-likeness (QED) is 0.512. The molecule has 4 nitrogen and oxygen atoms in total. The third-order valence-corrected chi connectivity index (χ3v) is 4.50. The second-order valence-electron chi connectivity index (χ2n) is 5.92. The Hall–Kier alpha value is -2.50. The Bertz CT molecular complexity index is 883. The van der Waals surface area contributed by atoms with Crippen molar-refractivity contribution >= 4 is 34.6 Å². The topological polar surface area (TPSA) is 37.6 Å². The molecule has 1 N–H and O–H groups in total. The first kappa shape index (κ1) is 19.3. The zero-order valence-electron chi connectivity index (χ0n) is 15.0. The van der Waals surface area contributed by atoms with Crippen molar-refractivity contribution in [2.45, 2.75) is 20.0 Å². The Morgan fingerprint density at radius 3 is 2.70 bits per heavy atom. The van der Waals surface area contributed by atoms with Gasteiger partial charge in [-0.3, -0.25) is 0 Å². The van der Waals surface area contributed by atoms with Crippen molar-refractivity contribution in [3.8, 4) is 5.75 Å². The number of hydrogen-bond acceptors (Lipinski definition) is 3. The summed E-state index contributed by atoms with van der Waals surface area (Å²) in [6.07, 6.45) is 1.66. The van der Waals surface area contributed by atoms with Crippen molar-refractivity contribution in [2.24, 2.45) is 0 Å². The predicted octanol–water partition coefficient (Wildman–Crippen LogP) is 5.73. The second kappa shape index (κ2) is 9.44. The summed E-state index contributed by atoms with van der Waals surface area (Å²) in [5, 5.41) is 4.58. The highest BCUT2D eigenvalue weighted by Crippen LogP contribution is 2.25. The molecule has 27 heavy (non-hydrogen) atoms. The number of ether oxygens (including phenoxy) is 1. The molecule has 0 unspecified atom stereocenters. The molecule has 0 spiro atoms. The van der Waals surface area contributed by atoms with E-state index < -0.39 is 0 Å². The van der Waals surface area contributed by atoms with Crippen molar-refractivity contribution in [1.82, 2.24) is 4.90 Å². The molecule has 0 saturated carbocycles. The lowest BCUT2D eigenvalue weighted by Crippen LogP contribution is -2.33. The van der Waals surface area contributed by atoms with E-state index >= 15 is 0 Å². The molecule has 0 atom stereocenters. The lowest BCUT2D eigenvalue weighted by molar-refractivity contribution is 0.341. The lowest BCUT2D eigenvalue weighted by Gasteiger charge is -2.26. The molecule has 0 aliphatic carbocycles. The van der Waals surface area contributed by atoms with Crippen LogP contribution in [-0.4, -0.2) is 16.6 Å². The summed E-state index contributed by atoms with van der Waals surface area (Å²) in [6, 6.07) is 19.3. The SMILES string of the molecule is CCOc1ccccc1NC(=S)N(Cc1cccc(Cl)c1)Cc1ccco1. The van der Waals surface area contributed by atoms with Crippen LogP contribution in [0.15, 0.2) is 71.3 Å². The van der Waals surface area contributed by atoms with Crippen LogP contribution in [0.4, 0.5) is 5.69 Å². The fraction of sp³-hybridized carbons (Fsp3) is 0.190. The largest absolute Gasteiger partial charge is 0.492 e. The standard InChI is InChI=1S/C21H21ClN2O2S/c1-2-25-20-11-4-3-10-19(20)23-21(27)24(15-18-9-6-12-26-18)14-16-7-5-8-17(22)13-16/h3-13H,2,14-15H2,1H3,(H,23,27). The first-order valence-corrected chi connectivity index (χ1v) is 9.49. The van der Waals surface area contributed by atoms with Crippen molar-refractivity contribution in [3.05, 3.63) is 83.3 Å². The van der Waals surface area contributed by atoms with E-state index in [4.69, 9.17) is 33.0 Å². The van der Waals surface area contributed by atoms with Crippen LogP contribution in [0.5, 0.6) is 5.75 Å². The molecule has 6 heteroatoms. The molecule has 2 aromatic carbocycles. The fourth-order valence-corrected chi connectivity index (χ4v) is 3.14.